The summed E-state index contributed by atoms with van der Waals surface area (Å²) in [6, 6.07) is 1.38. The van der Waals surface area contributed by atoms with E-state index in [0.717, 1.165) is 23.9 Å². The van der Waals surface area contributed by atoms with Gasteiger partial charge >= 0.3 is 0 Å². The van der Waals surface area contributed by atoms with Crippen LogP contribution in [-0.2, 0) is 21.5 Å². The van der Waals surface area contributed by atoms with Crippen molar-refractivity contribution in [3.63, 3.8) is 0 Å². The number of methoxy groups -OCH3 is 1. The topological polar surface area (TPSA) is 94.3 Å². The Morgan fingerprint density at radius 2 is 2.12 bits per heavy atom. The molecule has 34 heavy (non-hydrogen) atoms. The molecule has 4 heterocycles. The molecule has 3 unspecified atom stereocenters. The Bertz CT molecular complexity index is 1250. The lowest BCUT2D eigenvalue weighted by molar-refractivity contribution is -0.0136. The van der Waals surface area contributed by atoms with E-state index in [1.165, 1.54) is 12.3 Å². The van der Waals surface area contributed by atoms with Crippen molar-refractivity contribution in [2.45, 2.75) is 63.8 Å². The Labute approximate surface area is 202 Å². The van der Waals surface area contributed by atoms with Crippen LogP contribution < -0.4 is 5.32 Å². The second-order valence-corrected chi connectivity index (χ2v) is 9.97. The van der Waals surface area contributed by atoms with Crippen molar-refractivity contribution in [3.05, 3.63) is 34.5 Å². The van der Waals surface area contributed by atoms with E-state index in [1.54, 1.807) is 7.11 Å². The molecule has 2 aliphatic heterocycles. The van der Waals surface area contributed by atoms with Crippen molar-refractivity contribution >= 4 is 28.6 Å². The minimum Gasteiger partial charge on any atom is -0.389 e. The summed E-state index contributed by atoms with van der Waals surface area (Å²) in [5, 5.41) is 13.7. The first-order chi connectivity index (χ1) is 16.2. The zero-order valence-electron chi connectivity index (χ0n) is 19.7. The highest BCUT2D eigenvalue weighted by molar-refractivity contribution is 6.33. The molecule has 2 N–H and O–H groups in total. The molecule has 0 bridgehead atoms. The molecule has 0 aliphatic carbocycles. The van der Waals surface area contributed by atoms with Gasteiger partial charge in [-0.15, -0.1) is 0 Å². The lowest BCUT2D eigenvalue weighted by Gasteiger charge is -2.30. The molecule has 2 aliphatic rings. The van der Waals surface area contributed by atoms with Crippen molar-refractivity contribution < 1.29 is 19.0 Å². The van der Waals surface area contributed by atoms with Gasteiger partial charge < -0.3 is 24.5 Å². The quantitative estimate of drug-likeness (QED) is 0.553. The van der Waals surface area contributed by atoms with Crippen molar-refractivity contribution in [2.24, 2.45) is 0 Å². The fourth-order valence-electron chi connectivity index (χ4n) is 4.87. The molecule has 3 atom stereocenters. The first kappa shape index (κ1) is 23.4. The molecular formula is C24H29ClFN5O3. The summed E-state index contributed by atoms with van der Waals surface area (Å²) in [5.74, 6) is 0.592. The Kier molecular flexibility index (Phi) is 6.00. The van der Waals surface area contributed by atoms with Crippen molar-refractivity contribution in [1.82, 2.24) is 19.5 Å². The number of nitrogens with zero attached hydrogens (tertiary/aromatic N) is 4. The zero-order chi connectivity index (χ0) is 24.2. The third-order valence-corrected chi connectivity index (χ3v) is 7.24. The van der Waals surface area contributed by atoms with Gasteiger partial charge in [-0.2, -0.15) is 0 Å². The lowest BCUT2D eigenvalue weighted by Crippen LogP contribution is -2.42. The highest BCUT2D eigenvalue weighted by atomic mass is 35.5. The van der Waals surface area contributed by atoms with E-state index in [-0.39, 0.29) is 18.7 Å². The first-order valence-electron chi connectivity index (χ1n) is 11.6. The summed E-state index contributed by atoms with van der Waals surface area (Å²) >= 11 is 6.53. The van der Waals surface area contributed by atoms with Crippen molar-refractivity contribution in [3.8, 4) is 11.3 Å². The average molecular weight is 490 g/mol. The van der Waals surface area contributed by atoms with Gasteiger partial charge in [-0.25, -0.2) is 19.3 Å². The fraction of sp³-hybridized carbons (Fsp3) is 0.542. The maximum atomic E-state index is 15.5. The Hall–Kier alpha value is -2.33. The molecule has 10 heteroatoms. The predicted octanol–water partition coefficient (Wildman–Crippen LogP) is 4.24. The van der Waals surface area contributed by atoms with E-state index in [4.69, 9.17) is 21.1 Å². The van der Waals surface area contributed by atoms with Gasteiger partial charge in [-0.05, 0) is 51.7 Å². The monoisotopic (exact) mass is 489 g/mol. The van der Waals surface area contributed by atoms with Gasteiger partial charge in [0.15, 0.2) is 5.82 Å². The molecule has 3 aromatic rings. The third kappa shape index (κ3) is 3.84. The van der Waals surface area contributed by atoms with Crippen LogP contribution in [0.1, 0.15) is 51.0 Å². The maximum Gasteiger partial charge on any atom is 0.223 e. The summed E-state index contributed by atoms with van der Waals surface area (Å²) < 4.78 is 28.6. The molecule has 0 spiro atoms. The van der Waals surface area contributed by atoms with Crippen LogP contribution in [0, 0.1) is 5.82 Å². The summed E-state index contributed by atoms with van der Waals surface area (Å²) in [6.07, 6.45) is 3.09. The number of hydrogen-bond donors (Lipinski definition) is 2. The minimum absolute atomic E-state index is 0.143. The number of aryl methyl sites for hydroxylation is 1. The number of aromatic nitrogens is 4. The van der Waals surface area contributed by atoms with E-state index in [0.29, 0.717) is 46.6 Å². The van der Waals surface area contributed by atoms with Crippen LogP contribution in [0.3, 0.4) is 0 Å². The highest BCUT2D eigenvalue weighted by Gasteiger charge is 2.35. The molecule has 5 rings (SSSR count). The molecule has 1 aromatic carbocycles. The Balaban J connectivity index is 1.66. The van der Waals surface area contributed by atoms with Crippen LogP contribution in [0.15, 0.2) is 12.3 Å². The second-order valence-electron chi connectivity index (χ2n) is 9.56. The molecule has 2 aromatic heterocycles. The minimum atomic E-state index is -0.678. The number of anilines is 1. The number of halogens is 2. The fourth-order valence-corrected chi connectivity index (χ4v) is 5.06. The van der Waals surface area contributed by atoms with Gasteiger partial charge in [-0.3, -0.25) is 0 Å². The summed E-state index contributed by atoms with van der Waals surface area (Å²) in [4.78, 5) is 13.6. The number of benzene rings is 1. The van der Waals surface area contributed by atoms with Crippen LogP contribution in [0.5, 0.6) is 0 Å². The van der Waals surface area contributed by atoms with Gasteiger partial charge in [0.2, 0.25) is 5.95 Å². The van der Waals surface area contributed by atoms with E-state index >= 15 is 4.39 Å². The number of aliphatic hydroxyl groups excluding tert-OH is 1. The third-order valence-electron chi connectivity index (χ3n) is 6.96. The SMILES string of the molecule is COC(C)(C)c1nc2c(F)cc(-c3nc(NC4CCOCC4O)ncc3Cl)c3c2n1C(C)CC3. The predicted molar refractivity (Wildman–Crippen MR) is 128 cm³/mol. The Morgan fingerprint density at radius 3 is 2.85 bits per heavy atom. The van der Waals surface area contributed by atoms with E-state index in [2.05, 4.69) is 31.8 Å². The van der Waals surface area contributed by atoms with E-state index in [9.17, 15) is 5.11 Å². The van der Waals surface area contributed by atoms with E-state index < -0.39 is 17.5 Å². The molecule has 0 radical (unpaired) electrons. The summed E-state index contributed by atoms with van der Waals surface area (Å²) in [5.41, 5.74) is 2.45. The number of ether oxygens (including phenoxy) is 2. The molecule has 0 amide bonds. The first-order valence-corrected chi connectivity index (χ1v) is 11.9. The Morgan fingerprint density at radius 1 is 1.32 bits per heavy atom. The van der Waals surface area contributed by atoms with Crippen molar-refractivity contribution in [2.75, 3.05) is 25.6 Å². The summed E-state index contributed by atoms with van der Waals surface area (Å²) in [7, 11) is 1.63. The number of imidazole rings is 1. The van der Waals surface area contributed by atoms with Gasteiger partial charge in [0, 0.05) is 25.3 Å². The largest absolute Gasteiger partial charge is 0.389 e. The van der Waals surface area contributed by atoms with Crippen LogP contribution >= 0.6 is 11.6 Å². The molecule has 1 fully saturated rings. The molecule has 8 nitrogen and oxygen atoms in total. The molecule has 182 valence electrons. The van der Waals surface area contributed by atoms with E-state index in [1.807, 2.05) is 13.8 Å². The van der Waals surface area contributed by atoms with Crippen molar-refractivity contribution in [1.29, 1.82) is 0 Å². The van der Waals surface area contributed by atoms with Gasteiger partial charge in [0.1, 0.15) is 16.9 Å². The second kappa shape index (κ2) is 8.71. The summed E-state index contributed by atoms with van der Waals surface area (Å²) in [6.45, 7) is 6.78. The van der Waals surface area contributed by atoms with Gasteiger partial charge in [0.05, 0.1) is 41.2 Å². The normalized spacial score (nSPS) is 22.9. The van der Waals surface area contributed by atoms with Crippen LogP contribution in [0.4, 0.5) is 10.3 Å². The number of nitrogens with one attached hydrogen (secondary N) is 1. The van der Waals surface area contributed by atoms with Crippen LogP contribution in [0.25, 0.3) is 22.3 Å². The van der Waals surface area contributed by atoms with Gasteiger partial charge in [0.25, 0.3) is 0 Å². The number of rotatable bonds is 5. The highest BCUT2D eigenvalue weighted by Crippen LogP contribution is 2.42. The zero-order valence-corrected chi connectivity index (χ0v) is 20.5. The van der Waals surface area contributed by atoms with Crippen LogP contribution in [-0.4, -0.2) is 57.1 Å². The van der Waals surface area contributed by atoms with Crippen LogP contribution in [0.2, 0.25) is 5.02 Å². The standard InChI is InChI=1S/C24H29ClFN5O3/c1-12-5-6-13-14(9-16(26)20-21(13)31(12)22(29-20)24(2,3)33-4)19-15(25)10-27-23(30-19)28-17-7-8-34-11-18(17)32/h9-10,12,17-18,32H,5-8,11H2,1-4H3,(H,27,28,30). The maximum absolute atomic E-state index is 15.5. The lowest BCUT2D eigenvalue weighted by atomic mass is 9.93. The molecule has 0 saturated carbocycles. The average Bonchev–Trinajstić information content (AvgIpc) is 3.24. The number of aliphatic hydroxyl groups is 1. The van der Waals surface area contributed by atoms with Gasteiger partial charge in [-0.1, -0.05) is 11.6 Å². The molecular weight excluding hydrogens is 461 g/mol. The number of hydrogen-bond acceptors (Lipinski definition) is 7. The molecule has 1 saturated heterocycles. The smallest absolute Gasteiger partial charge is 0.223 e.